The lowest BCUT2D eigenvalue weighted by molar-refractivity contribution is 0.0695. The summed E-state index contributed by atoms with van der Waals surface area (Å²) in [6.07, 6.45) is 2.92. The van der Waals surface area contributed by atoms with Crippen LogP contribution in [0.15, 0.2) is 34.7 Å². The first kappa shape index (κ1) is 17.6. The topological polar surface area (TPSA) is 114 Å². The fourth-order valence-electron chi connectivity index (χ4n) is 3.35. The maximum Gasteiger partial charge on any atom is 0.341 e. The second-order valence-electron chi connectivity index (χ2n) is 7.19. The normalized spacial score (nSPS) is 22.5. The van der Waals surface area contributed by atoms with Crippen LogP contribution in [0.2, 0.25) is 0 Å². The van der Waals surface area contributed by atoms with Gasteiger partial charge in [0.2, 0.25) is 5.43 Å². The molecule has 1 saturated heterocycles. The first-order valence-electron chi connectivity index (χ1n) is 8.51. The summed E-state index contributed by atoms with van der Waals surface area (Å²) in [5, 5.41) is 12.0. The maximum atomic E-state index is 12.6. The quantitative estimate of drug-likeness (QED) is 0.705. The Bertz CT molecular complexity index is 1090. The van der Waals surface area contributed by atoms with E-state index in [9.17, 15) is 14.7 Å². The summed E-state index contributed by atoms with van der Waals surface area (Å²) in [5.41, 5.74) is 5.55. The zero-order valence-electron chi connectivity index (χ0n) is 14.9. The third-order valence-electron chi connectivity index (χ3n) is 5.17. The zero-order valence-corrected chi connectivity index (χ0v) is 15.7. The minimum absolute atomic E-state index is 0.247. The van der Waals surface area contributed by atoms with Crippen LogP contribution >= 0.6 is 11.3 Å². The Hall–Kier alpha value is -2.78. The zero-order chi connectivity index (χ0) is 19.3. The molecule has 4 rings (SSSR count). The van der Waals surface area contributed by atoms with Crippen LogP contribution in [-0.4, -0.2) is 44.2 Å². The van der Waals surface area contributed by atoms with Gasteiger partial charge >= 0.3 is 5.97 Å². The third kappa shape index (κ3) is 2.88. The van der Waals surface area contributed by atoms with Gasteiger partial charge in [-0.25, -0.2) is 14.8 Å². The van der Waals surface area contributed by atoms with E-state index in [-0.39, 0.29) is 16.5 Å². The van der Waals surface area contributed by atoms with Crippen LogP contribution in [-0.2, 0) is 0 Å². The Morgan fingerprint density at radius 3 is 2.81 bits per heavy atom. The van der Waals surface area contributed by atoms with Crippen molar-refractivity contribution in [1.82, 2.24) is 14.5 Å². The van der Waals surface area contributed by atoms with E-state index < -0.39 is 11.4 Å². The van der Waals surface area contributed by atoms with Gasteiger partial charge in [0.25, 0.3) is 0 Å². The number of pyridine rings is 2. The lowest BCUT2D eigenvalue weighted by Gasteiger charge is -2.22. The van der Waals surface area contributed by atoms with Crippen LogP contribution in [0.1, 0.15) is 24.2 Å². The smallest absolute Gasteiger partial charge is 0.341 e. The number of aromatic carboxylic acids is 1. The number of carbonyl (C=O) groups is 1. The van der Waals surface area contributed by atoms with Crippen molar-refractivity contribution in [3.05, 3.63) is 45.7 Å². The van der Waals surface area contributed by atoms with Gasteiger partial charge in [-0.15, -0.1) is 11.3 Å². The Morgan fingerprint density at radius 2 is 2.22 bits per heavy atom. The summed E-state index contributed by atoms with van der Waals surface area (Å²) in [7, 11) is 0. The van der Waals surface area contributed by atoms with E-state index in [0.29, 0.717) is 29.1 Å². The predicted molar refractivity (Wildman–Crippen MR) is 104 cm³/mol. The lowest BCUT2D eigenvalue weighted by atomic mass is 9.92. The second-order valence-corrected chi connectivity index (χ2v) is 8.06. The number of anilines is 1. The van der Waals surface area contributed by atoms with Crippen molar-refractivity contribution >= 4 is 34.2 Å². The van der Waals surface area contributed by atoms with Crippen molar-refractivity contribution < 1.29 is 9.90 Å². The highest BCUT2D eigenvalue weighted by molar-refractivity contribution is 7.12. The maximum absolute atomic E-state index is 12.6. The van der Waals surface area contributed by atoms with Gasteiger partial charge in [-0.3, -0.25) is 9.36 Å². The van der Waals surface area contributed by atoms with E-state index in [1.54, 1.807) is 28.3 Å². The number of nitrogens with zero attached hydrogens (tertiary/aromatic N) is 4. The van der Waals surface area contributed by atoms with Gasteiger partial charge in [-0.1, -0.05) is 6.92 Å². The summed E-state index contributed by atoms with van der Waals surface area (Å²) >= 11 is 1.34. The molecule has 140 valence electrons. The van der Waals surface area contributed by atoms with Gasteiger partial charge in [0.15, 0.2) is 10.8 Å². The number of aromatic nitrogens is 3. The van der Waals surface area contributed by atoms with Crippen LogP contribution in [0.3, 0.4) is 0 Å². The summed E-state index contributed by atoms with van der Waals surface area (Å²) in [6, 6.07) is 3.38. The highest BCUT2D eigenvalue weighted by Gasteiger charge is 2.37. The first-order valence-corrected chi connectivity index (χ1v) is 9.39. The van der Waals surface area contributed by atoms with E-state index in [4.69, 9.17) is 5.73 Å². The largest absolute Gasteiger partial charge is 0.477 e. The molecule has 0 aliphatic carbocycles. The summed E-state index contributed by atoms with van der Waals surface area (Å²) < 4.78 is 1.56. The van der Waals surface area contributed by atoms with Crippen LogP contribution in [0.25, 0.3) is 16.2 Å². The molecule has 3 aromatic rings. The van der Waals surface area contributed by atoms with Gasteiger partial charge in [0, 0.05) is 36.4 Å². The SMILES string of the molecule is C[C@H]1CN(c2ccc3c(=O)c(C(=O)O)cn(-c4nccs4)c3n2)C[C@]1(C)N. The lowest BCUT2D eigenvalue weighted by Crippen LogP contribution is -2.43. The molecule has 0 radical (unpaired) electrons. The van der Waals surface area contributed by atoms with Gasteiger partial charge in [0.1, 0.15) is 11.4 Å². The van der Waals surface area contributed by atoms with Gasteiger partial charge in [-0.05, 0) is 25.0 Å². The fraction of sp³-hybridized carbons (Fsp3) is 0.333. The number of hydrogen-bond acceptors (Lipinski definition) is 7. The molecule has 8 nitrogen and oxygen atoms in total. The number of nitrogens with two attached hydrogens (primary N) is 1. The molecule has 4 heterocycles. The fourth-order valence-corrected chi connectivity index (χ4v) is 3.97. The molecule has 1 aliphatic heterocycles. The van der Waals surface area contributed by atoms with Gasteiger partial charge in [-0.2, -0.15) is 0 Å². The standard InChI is InChI=1S/C18H19N5O3S/c1-10-7-22(9-18(10,2)19)13-4-3-11-14(24)12(16(25)26)8-23(15(11)21-13)17-20-5-6-27-17/h3-6,8,10H,7,9,19H2,1-2H3,(H,25,26)/t10-,18-/m0/s1. The van der Waals surface area contributed by atoms with Crippen LogP contribution in [0, 0.1) is 5.92 Å². The number of thiazole rings is 1. The Morgan fingerprint density at radius 1 is 1.44 bits per heavy atom. The molecule has 9 heteroatoms. The third-order valence-corrected chi connectivity index (χ3v) is 5.94. The molecule has 0 saturated carbocycles. The number of hydrogen-bond donors (Lipinski definition) is 2. The van der Waals surface area contributed by atoms with Crippen LogP contribution in [0.4, 0.5) is 5.82 Å². The van der Waals surface area contributed by atoms with Crippen molar-refractivity contribution in [2.45, 2.75) is 19.4 Å². The van der Waals surface area contributed by atoms with Gasteiger partial charge in [0.05, 0.1) is 5.39 Å². The average Bonchev–Trinajstić information content (AvgIpc) is 3.23. The molecule has 0 amide bonds. The molecule has 27 heavy (non-hydrogen) atoms. The molecule has 1 aliphatic rings. The van der Waals surface area contributed by atoms with E-state index in [1.807, 2.05) is 6.92 Å². The number of carboxylic acids is 1. The van der Waals surface area contributed by atoms with Gasteiger partial charge < -0.3 is 15.7 Å². The molecule has 0 aromatic carbocycles. The molecule has 0 spiro atoms. The summed E-state index contributed by atoms with van der Waals surface area (Å²) in [6.45, 7) is 5.54. The molecule has 3 N–H and O–H groups in total. The molecular weight excluding hydrogens is 366 g/mol. The molecule has 0 bridgehead atoms. The Kier molecular flexibility index (Phi) is 4.01. The van der Waals surface area contributed by atoms with Crippen molar-refractivity contribution in [3.8, 4) is 5.13 Å². The van der Waals surface area contributed by atoms with E-state index in [2.05, 4.69) is 21.8 Å². The predicted octanol–water partition coefficient (Wildman–Crippen LogP) is 1.71. The monoisotopic (exact) mass is 385 g/mol. The van der Waals surface area contributed by atoms with E-state index >= 15 is 0 Å². The minimum Gasteiger partial charge on any atom is -0.477 e. The number of carboxylic acid groups (broad SMARTS) is 1. The van der Waals surface area contributed by atoms with Crippen molar-refractivity contribution in [2.24, 2.45) is 11.7 Å². The second kappa shape index (κ2) is 6.14. The molecule has 2 atom stereocenters. The summed E-state index contributed by atoms with van der Waals surface area (Å²) in [5.74, 6) is -0.273. The average molecular weight is 385 g/mol. The van der Waals surface area contributed by atoms with Crippen LogP contribution in [0.5, 0.6) is 0 Å². The first-order chi connectivity index (χ1) is 12.8. The molecular formula is C18H19N5O3S. The van der Waals surface area contributed by atoms with E-state index in [0.717, 1.165) is 6.54 Å². The molecule has 3 aromatic heterocycles. The van der Waals surface area contributed by atoms with Crippen molar-refractivity contribution in [3.63, 3.8) is 0 Å². The molecule has 0 unspecified atom stereocenters. The summed E-state index contributed by atoms with van der Waals surface area (Å²) in [4.78, 5) is 35.1. The number of fused-ring (bicyclic) bond motifs is 1. The van der Waals surface area contributed by atoms with Crippen molar-refractivity contribution in [1.29, 1.82) is 0 Å². The highest BCUT2D eigenvalue weighted by atomic mass is 32.1. The molecule has 1 fully saturated rings. The highest BCUT2D eigenvalue weighted by Crippen LogP contribution is 2.29. The minimum atomic E-state index is -1.27. The Balaban J connectivity index is 1.93. The Labute approximate surface area is 158 Å². The van der Waals surface area contributed by atoms with Crippen molar-refractivity contribution in [2.75, 3.05) is 18.0 Å². The van der Waals surface area contributed by atoms with E-state index in [1.165, 1.54) is 17.5 Å². The number of rotatable bonds is 3. The van der Waals surface area contributed by atoms with Crippen LogP contribution < -0.4 is 16.1 Å².